The van der Waals surface area contributed by atoms with Crippen LogP contribution in [0.3, 0.4) is 0 Å². The van der Waals surface area contributed by atoms with E-state index >= 15 is 0 Å². The molecular weight excluding hydrogens is 377 g/mol. The fraction of sp³-hybridized carbons (Fsp3) is 0.100. The molecule has 1 N–H and O–H groups in total. The molecule has 0 spiro atoms. The van der Waals surface area contributed by atoms with Crippen molar-refractivity contribution in [3.05, 3.63) is 92.9 Å². The lowest BCUT2D eigenvalue weighted by Gasteiger charge is -2.10. The molecule has 2 nitrogen and oxygen atoms in total. The van der Waals surface area contributed by atoms with Gasteiger partial charge in [-0.2, -0.15) is 0 Å². The van der Waals surface area contributed by atoms with Gasteiger partial charge in [-0.3, -0.25) is 0 Å². The molecule has 3 aromatic carbocycles. The van der Waals surface area contributed by atoms with E-state index in [1.54, 1.807) is 6.07 Å². The Balaban J connectivity index is 1.53. The SMILES string of the molecule is Clc1ccc(COc2ccc(CNc3ccc(Cl)c(Cl)c3)cc2)cc1. The maximum atomic E-state index is 6.01. The van der Waals surface area contributed by atoms with Gasteiger partial charge in [0.05, 0.1) is 10.0 Å². The van der Waals surface area contributed by atoms with Gasteiger partial charge < -0.3 is 10.1 Å². The molecule has 0 heterocycles. The van der Waals surface area contributed by atoms with E-state index in [2.05, 4.69) is 5.32 Å². The highest BCUT2D eigenvalue weighted by Crippen LogP contribution is 2.25. The Labute approximate surface area is 162 Å². The number of halogens is 3. The summed E-state index contributed by atoms with van der Waals surface area (Å²) in [6, 6.07) is 21.1. The van der Waals surface area contributed by atoms with Gasteiger partial charge in [0.1, 0.15) is 12.4 Å². The lowest BCUT2D eigenvalue weighted by Crippen LogP contribution is -2.00. The molecule has 0 atom stereocenters. The molecule has 0 aromatic heterocycles. The minimum atomic E-state index is 0.512. The molecule has 0 aliphatic carbocycles. The summed E-state index contributed by atoms with van der Waals surface area (Å²) < 4.78 is 5.78. The van der Waals surface area contributed by atoms with Crippen molar-refractivity contribution in [1.82, 2.24) is 0 Å². The predicted octanol–water partition coefficient (Wildman–Crippen LogP) is 6.84. The van der Waals surface area contributed by atoms with E-state index in [4.69, 9.17) is 39.5 Å². The normalized spacial score (nSPS) is 10.5. The van der Waals surface area contributed by atoms with Crippen LogP contribution in [0.1, 0.15) is 11.1 Å². The van der Waals surface area contributed by atoms with Crippen molar-refractivity contribution >= 4 is 40.5 Å². The summed E-state index contributed by atoms with van der Waals surface area (Å²) in [5.74, 6) is 0.827. The number of anilines is 1. The number of nitrogens with one attached hydrogen (secondary N) is 1. The first kappa shape index (κ1) is 17.9. The molecule has 0 unspecified atom stereocenters. The fourth-order valence-corrected chi connectivity index (χ4v) is 2.69. The molecule has 0 bridgehead atoms. The molecule has 0 amide bonds. The van der Waals surface area contributed by atoms with Gasteiger partial charge in [-0.05, 0) is 53.6 Å². The quantitative estimate of drug-likeness (QED) is 0.496. The summed E-state index contributed by atoms with van der Waals surface area (Å²) in [6.45, 7) is 1.20. The zero-order chi connectivity index (χ0) is 17.6. The highest BCUT2D eigenvalue weighted by Gasteiger charge is 2.01. The molecule has 5 heteroatoms. The van der Waals surface area contributed by atoms with E-state index in [0.29, 0.717) is 23.2 Å². The number of rotatable bonds is 6. The summed E-state index contributed by atoms with van der Waals surface area (Å²) in [4.78, 5) is 0. The van der Waals surface area contributed by atoms with Crippen molar-refractivity contribution in [3.8, 4) is 5.75 Å². The van der Waals surface area contributed by atoms with E-state index < -0.39 is 0 Å². The Kier molecular flexibility index (Phi) is 6.09. The summed E-state index contributed by atoms with van der Waals surface area (Å²) in [7, 11) is 0. The average Bonchev–Trinajstić information content (AvgIpc) is 2.63. The third-order valence-electron chi connectivity index (χ3n) is 3.66. The van der Waals surface area contributed by atoms with Gasteiger partial charge in [0, 0.05) is 17.3 Å². The minimum Gasteiger partial charge on any atom is -0.489 e. The monoisotopic (exact) mass is 391 g/mol. The van der Waals surface area contributed by atoms with Crippen LogP contribution in [0.2, 0.25) is 15.1 Å². The first-order chi connectivity index (χ1) is 12.1. The predicted molar refractivity (Wildman–Crippen MR) is 106 cm³/mol. The van der Waals surface area contributed by atoms with Crippen LogP contribution in [-0.2, 0) is 13.2 Å². The van der Waals surface area contributed by atoms with Crippen LogP contribution in [0, 0.1) is 0 Å². The lowest BCUT2D eigenvalue weighted by molar-refractivity contribution is 0.306. The molecule has 25 heavy (non-hydrogen) atoms. The van der Waals surface area contributed by atoms with Gasteiger partial charge in [0.25, 0.3) is 0 Å². The summed E-state index contributed by atoms with van der Waals surface area (Å²) in [6.07, 6.45) is 0. The number of ether oxygens (including phenoxy) is 1. The third kappa shape index (κ3) is 5.30. The van der Waals surface area contributed by atoms with Crippen molar-refractivity contribution in [2.45, 2.75) is 13.2 Å². The topological polar surface area (TPSA) is 21.3 Å². The van der Waals surface area contributed by atoms with Crippen molar-refractivity contribution in [1.29, 1.82) is 0 Å². The number of hydrogen-bond acceptors (Lipinski definition) is 2. The second kappa shape index (κ2) is 8.48. The van der Waals surface area contributed by atoms with Crippen LogP contribution in [0.25, 0.3) is 0 Å². The van der Waals surface area contributed by atoms with Crippen LogP contribution in [-0.4, -0.2) is 0 Å². The van der Waals surface area contributed by atoms with E-state index in [-0.39, 0.29) is 0 Å². The van der Waals surface area contributed by atoms with Gasteiger partial charge in [0.15, 0.2) is 0 Å². The fourth-order valence-electron chi connectivity index (χ4n) is 2.26. The maximum absolute atomic E-state index is 6.01. The maximum Gasteiger partial charge on any atom is 0.119 e. The molecular formula is C20H16Cl3NO. The Morgan fingerprint density at radius 3 is 2.08 bits per heavy atom. The largest absolute Gasteiger partial charge is 0.489 e. The first-order valence-corrected chi connectivity index (χ1v) is 8.89. The zero-order valence-corrected chi connectivity index (χ0v) is 15.6. The number of benzene rings is 3. The third-order valence-corrected chi connectivity index (χ3v) is 4.65. The Morgan fingerprint density at radius 1 is 0.720 bits per heavy atom. The van der Waals surface area contributed by atoms with E-state index in [0.717, 1.165) is 27.6 Å². The highest BCUT2D eigenvalue weighted by atomic mass is 35.5. The van der Waals surface area contributed by atoms with E-state index in [9.17, 15) is 0 Å². The molecule has 0 aliphatic rings. The molecule has 0 saturated carbocycles. The van der Waals surface area contributed by atoms with Crippen LogP contribution in [0.15, 0.2) is 66.7 Å². The summed E-state index contributed by atoms with van der Waals surface area (Å²) in [5, 5.41) is 5.13. The second-order valence-electron chi connectivity index (χ2n) is 5.54. The Bertz CT molecular complexity index is 833. The van der Waals surface area contributed by atoms with Gasteiger partial charge in [0.2, 0.25) is 0 Å². The van der Waals surface area contributed by atoms with Gasteiger partial charge in [-0.25, -0.2) is 0 Å². The van der Waals surface area contributed by atoms with Crippen molar-refractivity contribution in [2.24, 2.45) is 0 Å². The minimum absolute atomic E-state index is 0.512. The molecule has 0 saturated heterocycles. The number of hydrogen-bond donors (Lipinski definition) is 1. The lowest BCUT2D eigenvalue weighted by atomic mass is 10.2. The zero-order valence-electron chi connectivity index (χ0n) is 13.3. The molecule has 3 aromatic rings. The van der Waals surface area contributed by atoms with Crippen molar-refractivity contribution in [2.75, 3.05) is 5.32 Å². The molecule has 0 aliphatic heterocycles. The van der Waals surface area contributed by atoms with E-state index in [1.807, 2.05) is 60.7 Å². The Hall–Kier alpha value is -1.87. The average molecular weight is 393 g/mol. The van der Waals surface area contributed by atoms with Crippen molar-refractivity contribution < 1.29 is 4.74 Å². The standard InChI is InChI=1S/C20H16Cl3NO/c21-16-5-1-15(2-6-16)13-25-18-8-3-14(4-9-18)12-24-17-7-10-19(22)20(23)11-17/h1-11,24H,12-13H2. The molecule has 3 rings (SSSR count). The molecule has 0 fully saturated rings. The first-order valence-electron chi connectivity index (χ1n) is 7.75. The van der Waals surface area contributed by atoms with Gasteiger partial charge >= 0.3 is 0 Å². The van der Waals surface area contributed by atoms with Gasteiger partial charge in [-0.15, -0.1) is 0 Å². The molecule has 0 radical (unpaired) electrons. The summed E-state index contributed by atoms with van der Waals surface area (Å²) >= 11 is 17.8. The Morgan fingerprint density at radius 2 is 1.40 bits per heavy atom. The molecule has 128 valence electrons. The second-order valence-corrected chi connectivity index (χ2v) is 6.79. The van der Waals surface area contributed by atoms with Crippen LogP contribution < -0.4 is 10.1 Å². The van der Waals surface area contributed by atoms with Crippen LogP contribution in [0.5, 0.6) is 5.75 Å². The van der Waals surface area contributed by atoms with E-state index in [1.165, 1.54) is 0 Å². The van der Waals surface area contributed by atoms with Crippen LogP contribution in [0.4, 0.5) is 5.69 Å². The van der Waals surface area contributed by atoms with Crippen LogP contribution >= 0.6 is 34.8 Å². The smallest absolute Gasteiger partial charge is 0.119 e. The highest BCUT2D eigenvalue weighted by molar-refractivity contribution is 6.42. The van der Waals surface area contributed by atoms with Gasteiger partial charge in [-0.1, -0.05) is 59.1 Å². The summed E-state index contributed by atoms with van der Waals surface area (Å²) in [5.41, 5.74) is 3.15. The van der Waals surface area contributed by atoms with Crippen molar-refractivity contribution in [3.63, 3.8) is 0 Å².